The van der Waals surface area contributed by atoms with Crippen LogP contribution in [0.5, 0.6) is 34.5 Å². The maximum Gasteiger partial charge on any atom is 0.298 e. The van der Waals surface area contributed by atoms with E-state index < -0.39 is 60.3 Å². The zero-order chi connectivity index (χ0) is 52.3. The highest BCUT2D eigenvalue weighted by Gasteiger charge is 2.27. The molecule has 8 aromatic carbocycles. The van der Waals surface area contributed by atoms with Crippen molar-refractivity contribution < 1.29 is 91.0 Å². The SMILES string of the molecule is COc1ccc2ccc(Oc3ccc(S(=O)(=O)c4ccc(COc5cc6cc(Oc7ccc(S(=O)(=O)c8ccc(C)c(SOOO)c8)cc7S(=O)(=O)O)c(SOOO)cc6cc5S(=O)(=O)O)cc4)cc3)cc2c1. The predicted molar refractivity (Wildman–Crippen MR) is 261 cm³/mol. The van der Waals surface area contributed by atoms with Crippen molar-refractivity contribution in [3.8, 4) is 34.5 Å². The Morgan fingerprint density at radius 2 is 0.959 bits per heavy atom. The molecule has 0 bridgehead atoms. The number of sulfone groups is 2. The molecule has 0 spiro atoms. The minimum atomic E-state index is -5.24. The van der Waals surface area contributed by atoms with Gasteiger partial charge in [0.25, 0.3) is 20.2 Å². The van der Waals surface area contributed by atoms with Gasteiger partial charge in [0.05, 0.1) is 55.7 Å². The van der Waals surface area contributed by atoms with Gasteiger partial charge in [0, 0.05) is 4.90 Å². The van der Waals surface area contributed by atoms with E-state index in [4.69, 9.17) is 29.5 Å². The lowest BCUT2D eigenvalue weighted by Gasteiger charge is -2.16. The first kappa shape index (κ1) is 53.0. The number of aryl methyl sites for hydroxylation is 1. The topological polar surface area (TPSA) is 291 Å². The Labute approximate surface area is 425 Å². The van der Waals surface area contributed by atoms with Gasteiger partial charge >= 0.3 is 0 Å². The molecule has 0 atom stereocenters. The van der Waals surface area contributed by atoms with Crippen molar-refractivity contribution in [3.05, 3.63) is 157 Å². The van der Waals surface area contributed by atoms with Crippen molar-refractivity contribution >= 4 is 85.5 Å². The lowest BCUT2D eigenvalue weighted by Crippen LogP contribution is -2.07. The Balaban J connectivity index is 1.04. The molecule has 380 valence electrons. The summed E-state index contributed by atoms with van der Waals surface area (Å²) in [6.45, 7) is 1.27. The van der Waals surface area contributed by atoms with Crippen LogP contribution in [-0.4, -0.2) is 60.4 Å². The molecule has 0 aromatic heterocycles. The van der Waals surface area contributed by atoms with Crippen LogP contribution in [0.4, 0.5) is 0 Å². The molecule has 0 radical (unpaired) electrons. The molecule has 0 fully saturated rings. The van der Waals surface area contributed by atoms with Crippen LogP contribution in [0.2, 0.25) is 0 Å². The molecule has 20 nitrogen and oxygen atoms in total. The highest BCUT2D eigenvalue weighted by atomic mass is 32.2. The zero-order valence-corrected chi connectivity index (χ0v) is 42.2. The van der Waals surface area contributed by atoms with Crippen molar-refractivity contribution in [2.45, 2.75) is 52.7 Å². The standard InChI is InChI=1S/C47H36O20S6/c1-28-3-12-39(25-44(28)68-66-64-48)71(52,53)40-17-18-41(47(26-40)73(57,58)59)63-42-21-32-22-43(46(72(54,55)56)24-33(32)23-45(42)69-67-65-49)61-27-29-4-13-37(14-5-29)70(50,51)38-15-10-34(11-16-38)62-36-9-7-30-6-8-35(60-2)19-31(30)20-36/h3-26,48-49H,27H2,1-2H3,(H,54,55,56)(H,57,58,59). The van der Waals surface area contributed by atoms with Gasteiger partial charge in [-0.2, -0.15) is 16.8 Å². The molecule has 0 aliphatic carbocycles. The highest BCUT2D eigenvalue weighted by Crippen LogP contribution is 2.42. The molecular weight excluding hydrogens is 1080 g/mol. The summed E-state index contributed by atoms with van der Waals surface area (Å²) in [6, 6.07) is 33.6. The average molecular weight is 1110 g/mol. The van der Waals surface area contributed by atoms with E-state index in [0.29, 0.717) is 58.5 Å². The second-order valence-corrected chi connectivity index (χ2v) is 23.5. The zero-order valence-electron chi connectivity index (χ0n) is 37.3. The van der Waals surface area contributed by atoms with E-state index in [1.165, 1.54) is 84.9 Å². The second kappa shape index (κ2) is 21.6. The lowest BCUT2D eigenvalue weighted by atomic mass is 10.1. The van der Waals surface area contributed by atoms with Crippen LogP contribution >= 0.6 is 24.1 Å². The van der Waals surface area contributed by atoms with Crippen LogP contribution in [0.25, 0.3) is 21.5 Å². The first-order chi connectivity index (χ1) is 34.7. The quantitative estimate of drug-likeness (QED) is 0.0239. The maximum atomic E-state index is 13.7. The van der Waals surface area contributed by atoms with Crippen molar-refractivity contribution in [1.82, 2.24) is 0 Å². The Bertz CT molecular complexity index is 3850. The number of hydrogen-bond donors (Lipinski definition) is 4. The van der Waals surface area contributed by atoms with E-state index in [-0.39, 0.29) is 53.4 Å². The monoisotopic (exact) mass is 1110 g/mol. The molecular formula is C47H36O20S6. The van der Waals surface area contributed by atoms with Crippen LogP contribution in [0.15, 0.2) is 185 Å². The molecule has 26 heteroatoms. The van der Waals surface area contributed by atoms with Crippen LogP contribution in [0.1, 0.15) is 11.1 Å². The number of methoxy groups -OCH3 is 1. The molecule has 0 aliphatic rings. The molecule has 0 heterocycles. The van der Waals surface area contributed by atoms with E-state index in [9.17, 15) is 42.8 Å². The fourth-order valence-electron chi connectivity index (χ4n) is 7.14. The van der Waals surface area contributed by atoms with E-state index in [1.54, 1.807) is 20.1 Å². The third-order valence-corrected chi connectivity index (χ3v) is 17.4. The van der Waals surface area contributed by atoms with Gasteiger partial charge in [-0.05, 0) is 155 Å². The van der Waals surface area contributed by atoms with Crippen molar-refractivity contribution in [1.29, 1.82) is 0 Å². The van der Waals surface area contributed by atoms with Gasteiger partial charge in [-0.15, -0.1) is 8.67 Å². The fourth-order valence-corrected chi connectivity index (χ4v) is 12.1. The molecule has 4 N–H and O–H groups in total. The third-order valence-electron chi connectivity index (χ3n) is 10.8. The maximum absolute atomic E-state index is 13.7. The van der Waals surface area contributed by atoms with Gasteiger partial charge < -0.3 is 18.9 Å². The Kier molecular flexibility index (Phi) is 15.7. The molecule has 8 rings (SSSR count). The smallest absolute Gasteiger partial charge is 0.298 e. The minimum Gasteiger partial charge on any atom is -0.497 e. The summed E-state index contributed by atoms with van der Waals surface area (Å²) in [5, 5.41) is 26.9. The fraction of sp³-hybridized carbons (Fsp3) is 0.0638. The van der Waals surface area contributed by atoms with Crippen LogP contribution in [0, 0.1) is 6.92 Å². The Hall–Kier alpha value is -6.34. The van der Waals surface area contributed by atoms with Gasteiger partial charge in [0.15, 0.2) is 0 Å². The Morgan fingerprint density at radius 3 is 1.60 bits per heavy atom. The number of hydrogen-bond acceptors (Lipinski definition) is 20. The second-order valence-electron chi connectivity index (χ2n) is 15.4. The van der Waals surface area contributed by atoms with Gasteiger partial charge in [-0.3, -0.25) is 9.11 Å². The van der Waals surface area contributed by atoms with Crippen molar-refractivity contribution in [3.63, 3.8) is 0 Å². The number of rotatable bonds is 20. The number of fused-ring (bicyclic) bond motifs is 2. The third kappa shape index (κ3) is 12.0. The van der Waals surface area contributed by atoms with Crippen LogP contribution < -0.4 is 18.9 Å². The molecule has 0 saturated heterocycles. The van der Waals surface area contributed by atoms with Gasteiger partial charge in [0.1, 0.15) is 50.9 Å². The normalized spacial score (nSPS) is 12.2. The van der Waals surface area contributed by atoms with Crippen LogP contribution in [0.3, 0.4) is 0 Å². The van der Waals surface area contributed by atoms with Crippen molar-refractivity contribution in [2.24, 2.45) is 0 Å². The summed E-state index contributed by atoms with van der Waals surface area (Å²) in [5.41, 5.74) is 0.910. The van der Waals surface area contributed by atoms with E-state index in [0.717, 1.165) is 29.0 Å². The number of benzene rings is 8. The van der Waals surface area contributed by atoms with Crippen molar-refractivity contribution in [2.75, 3.05) is 7.11 Å². The minimum absolute atomic E-state index is 0.0180. The summed E-state index contributed by atoms with van der Waals surface area (Å²) in [4.78, 5) is -2.61. The van der Waals surface area contributed by atoms with Crippen LogP contribution in [-0.2, 0) is 65.3 Å². The van der Waals surface area contributed by atoms with Gasteiger partial charge in [-0.25, -0.2) is 27.4 Å². The first-order valence-electron chi connectivity index (χ1n) is 20.5. The lowest BCUT2D eigenvalue weighted by molar-refractivity contribution is -0.432. The molecule has 0 aliphatic heterocycles. The van der Waals surface area contributed by atoms with Gasteiger partial charge in [0.2, 0.25) is 19.7 Å². The first-order valence-corrected chi connectivity index (χ1v) is 27.9. The molecule has 0 unspecified atom stereocenters. The van der Waals surface area contributed by atoms with E-state index in [2.05, 4.69) is 18.7 Å². The average Bonchev–Trinajstić information content (AvgIpc) is 3.36. The summed E-state index contributed by atoms with van der Waals surface area (Å²) in [7, 11) is -17.2. The summed E-state index contributed by atoms with van der Waals surface area (Å²) < 4.78 is 158. The molecule has 8 aromatic rings. The van der Waals surface area contributed by atoms with E-state index in [1.807, 2.05) is 30.3 Å². The molecule has 0 saturated carbocycles. The largest absolute Gasteiger partial charge is 0.497 e. The summed E-state index contributed by atoms with van der Waals surface area (Å²) in [5.74, 6) is 0.325. The summed E-state index contributed by atoms with van der Waals surface area (Å²) in [6.07, 6.45) is 0. The Morgan fingerprint density at radius 1 is 0.452 bits per heavy atom. The molecule has 0 amide bonds. The summed E-state index contributed by atoms with van der Waals surface area (Å²) >= 11 is 0.793. The number of ether oxygens (including phenoxy) is 4. The predicted octanol–water partition coefficient (Wildman–Crippen LogP) is 10.5. The highest BCUT2D eigenvalue weighted by molar-refractivity contribution is 7.95. The van der Waals surface area contributed by atoms with E-state index >= 15 is 0 Å². The molecule has 73 heavy (non-hydrogen) atoms. The van der Waals surface area contributed by atoms with Gasteiger partial charge in [-0.1, -0.05) is 40.4 Å².